The number of methoxy groups -OCH3 is 1. The minimum Gasteiger partial charge on any atom is -0.493 e. The van der Waals surface area contributed by atoms with E-state index in [1.54, 1.807) is 25.3 Å². The second-order valence-corrected chi connectivity index (χ2v) is 6.81. The Kier molecular flexibility index (Phi) is 6.54. The third kappa shape index (κ3) is 4.59. The van der Waals surface area contributed by atoms with Crippen molar-refractivity contribution >= 4 is 11.6 Å². The van der Waals surface area contributed by atoms with Gasteiger partial charge in [0.2, 0.25) is 0 Å². The van der Waals surface area contributed by atoms with E-state index in [1.807, 2.05) is 48.9 Å². The van der Waals surface area contributed by atoms with Gasteiger partial charge < -0.3 is 14.8 Å². The molecule has 0 atom stereocenters. The normalized spacial score (nSPS) is 10.6. The molecule has 0 fully saturated rings. The van der Waals surface area contributed by atoms with E-state index in [0.29, 0.717) is 29.4 Å². The van der Waals surface area contributed by atoms with Crippen molar-refractivity contribution in [3.8, 4) is 17.2 Å². The Bertz CT molecular complexity index is 981. The number of nitrogens with one attached hydrogen (secondary N) is 1. The first-order valence-corrected chi connectivity index (χ1v) is 9.79. The molecule has 0 bridgehead atoms. The van der Waals surface area contributed by atoms with Crippen molar-refractivity contribution in [2.75, 3.05) is 19.0 Å². The summed E-state index contributed by atoms with van der Waals surface area (Å²) in [5.41, 5.74) is 3.78. The zero-order chi connectivity index (χ0) is 20.8. The number of ether oxygens (including phenoxy) is 2. The summed E-state index contributed by atoms with van der Waals surface area (Å²) in [4.78, 5) is 12.9. The predicted molar refractivity (Wildman–Crippen MR) is 114 cm³/mol. The highest BCUT2D eigenvalue weighted by Gasteiger charge is 2.17. The Balaban J connectivity index is 1.81. The second kappa shape index (κ2) is 9.28. The molecule has 3 rings (SSSR count). The summed E-state index contributed by atoms with van der Waals surface area (Å²) in [5, 5.41) is 7.56. The number of unbranched alkanes of at least 4 members (excludes halogenated alkanes) is 1. The molecule has 1 heterocycles. The van der Waals surface area contributed by atoms with Crippen molar-refractivity contribution in [2.45, 2.75) is 33.6 Å². The lowest BCUT2D eigenvalue weighted by Crippen LogP contribution is -2.13. The van der Waals surface area contributed by atoms with Gasteiger partial charge in [-0.2, -0.15) is 5.10 Å². The quantitative estimate of drug-likeness (QED) is 0.551. The summed E-state index contributed by atoms with van der Waals surface area (Å²) in [5.74, 6) is 0.964. The zero-order valence-corrected chi connectivity index (χ0v) is 17.4. The van der Waals surface area contributed by atoms with E-state index in [-0.39, 0.29) is 5.91 Å². The van der Waals surface area contributed by atoms with Gasteiger partial charge in [0.1, 0.15) is 0 Å². The van der Waals surface area contributed by atoms with Gasteiger partial charge >= 0.3 is 0 Å². The fourth-order valence-corrected chi connectivity index (χ4v) is 3.08. The van der Waals surface area contributed by atoms with Crippen LogP contribution in [0.4, 0.5) is 5.69 Å². The molecule has 2 aromatic carbocycles. The third-order valence-corrected chi connectivity index (χ3v) is 4.71. The third-order valence-electron chi connectivity index (χ3n) is 4.71. The van der Waals surface area contributed by atoms with Crippen LogP contribution >= 0.6 is 0 Å². The summed E-state index contributed by atoms with van der Waals surface area (Å²) in [6.45, 7) is 6.55. The highest BCUT2D eigenvalue weighted by Crippen LogP contribution is 2.29. The van der Waals surface area contributed by atoms with Crippen LogP contribution in [0.15, 0.2) is 48.5 Å². The van der Waals surface area contributed by atoms with Gasteiger partial charge in [0.15, 0.2) is 11.5 Å². The molecule has 6 heteroatoms. The van der Waals surface area contributed by atoms with Crippen LogP contribution in [0.3, 0.4) is 0 Å². The second-order valence-electron chi connectivity index (χ2n) is 6.81. The highest BCUT2D eigenvalue weighted by molar-refractivity contribution is 6.05. The van der Waals surface area contributed by atoms with Crippen LogP contribution in [-0.4, -0.2) is 29.4 Å². The molecule has 152 valence electrons. The first-order chi connectivity index (χ1) is 14.0. The minimum absolute atomic E-state index is 0.220. The Morgan fingerprint density at radius 3 is 2.55 bits per heavy atom. The SMILES string of the molecule is CCCCOc1ccc(C(=O)Nc2c(C)nn(-c3ccccc3)c2C)cc1OC. The van der Waals surface area contributed by atoms with Gasteiger partial charge in [0.25, 0.3) is 5.91 Å². The molecular weight excluding hydrogens is 366 g/mol. The number of hydrogen-bond donors (Lipinski definition) is 1. The number of aromatic nitrogens is 2. The number of amides is 1. The fourth-order valence-electron chi connectivity index (χ4n) is 3.08. The van der Waals surface area contributed by atoms with Crippen LogP contribution in [-0.2, 0) is 0 Å². The van der Waals surface area contributed by atoms with E-state index < -0.39 is 0 Å². The molecule has 1 N–H and O–H groups in total. The van der Waals surface area contributed by atoms with Crippen molar-refractivity contribution < 1.29 is 14.3 Å². The molecule has 0 aliphatic rings. The fraction of sp³-hybridized carbons (Fsp3) is 0.304. The lowest BCUT2D eigenvalue weighted by atomic mass is 10.1. The molecule has 0 aliphatic heterocycles. The molecule has 0 spiro atoms. The van der Waals surface area contributed by atoms with Crippen LogP contribution in [0.2, 0.25) is 0 Å². The summed E-state index contributed by atoms with van der Waals surface area (Å²) < 4.78 is 13.0. The number of aryl methyl sites for hydroxylation is 1. The van der Waals surface area contributed by atoms with Gasteiger partial charge in [-0.1, -0.05) is 31.5 Å². The number of para-hydroxylation sites is 1. The van der Waals surface area contributed by atoms with E-state index in [2.05, 4.69) is 17.3 Å². The van der Waals surface area contributed by atoms with Crippen LogP contribution in [0.25, 0.3) is 5.69 Å². The Hall–Kier alpha value is -3.28. The molecule has 29 heavy (non-hydrogen) atoms. The summed E-state index contributed by atoms with van der Waals surface area (Å²) in [6, 6.07) is 15.0. The van der Waals surface area contributed by atoms with E-state index in [9.17, 15) is 4.79 Å². The van der Waals surface area contributed by atoms with Crippen LogP contribution in [0, 0.1) is 13.8 Å². The van der Waals surface area contributed by atoms with Crippen LogP contribution in [0.1, 0.15) is 41.5 Å². The van der Waals surface area contributed by atoms with Gasteiger partial charge in [-0.25, -0.2) is 4.68 Å². The lowest BCUT2D eigenvalue weighted by Gasteiger charge is -2.12. The van der Waals surface area contributed by atoms with Crippen molar-refractivity contribution in [1.29, 1.82) is 0 Å². The maximum absolute atomic E-state index is 12.9. The maximum atomic E-state index is 12.9. The molecule has 1 amide bonds. The van der Waals surface area contributed by atoms with Gasteiger partial charge in [0, 0.05) is 5.56 Å². The van der Waals surface area contributed by atoms with Crippen molar-refractivity contribution in [2.24, 2.45) is 0 Å². The molecule has 0 aliphatic carbocycles. The largest absolute Gasteiger partial charge is 0.493 e. The van der Waals surface area contributed by atoms with Gasteiger partial charge in [-0.15, -0.1) is 0 Å². The summed E-state index contributed by atoms with van der Waals surface area (Å²) >= 11 is 0. The first kappa shape index (κ1) is 20.5. The number of hydrogen-bond acceptors (Lipinski definition) is 4. The first-order valence-electron chi connectivity index (χ1n) is 9.79. The Labute approximate surface area is 171 Å². The van der Waals surface area contributed by atoms with E-state index >= 15 is 0 Å². The van der Waals surface area contributed by atoms with Crippen molar-refractivity contribution in [3.05, 3.63) is 65.5 Å². The Morgan fingerprint density at radius 1 is 1.10 bits per heavy atom. The summed E-state index contributed by atoms with van der Waals surface area (Å²) in [6.07, 6.45) is 2.02. The average molecular weight is 393 g/mol. The van der Waals surface area contributed by atoms with E-state index in [0.717, 1.165) is 29.9 Å². The Morgan fingerprint density at radius 2 is 1.86 bits per heavy atom. The molecule has 0 unspecified atom stereocenters. The lowest BCUT2D eigenvalue weighted by molar-refractivity contribution is 0.102. The molecule has 0 saturated heterocycles. The van der Waals surface area contributed by atoms with Crippen LogP contribution < -0.4 is 14.8 Å². The molecule has 0 radical (unpaired) electrons. The highest BCUT2D eigenvalue weighted by atomic mass is 16.5. The van der Waals surface area contributed by atoms with Crippen molar-refractivity contribution in [3.63, 3.8) is 0 Å². The maximum Gasteiger partial charge on any atom is 0.255 e. The van der Waals surface area contributed by atoms with Gasteiger partial charge in [-0.3, -0.25) is 4.79 Å². The van der Waals surface area contributed by atoms with E-state index in [1.165, 1.54) is 0 Å². The van der Waals surface area contributed by atoms with E-state index in [4.69, 9.17) is 9.47 Å². The number of nitrogens with zero attached hydrogens (tertiary/aromatic N) is 2. The predicted octanol–water partition coefficient (Wildman–Crippen LogP) is 4.93. The molecular formula is C23H27N3O3. The monoisotopic (exact) mass is 393 g/mol. The molecule has 6 nitrogen and oxygen atoms in total. The molecule has 0 saturated carbocycles. The number of rotatable bonds is 8. The topological polar surface area (TPSA) is 65.4 Å². The zero-order valence-electron chi connectivity index (χ0n) is 17.4. The van der Waals surface area contributed by atoms with Crippen molar-refractivity contribution in [1.82, 2.24) is 9.78 Å². The summed E-state index contributed by atoms with van der Waals surface area (Å²) in [7, 11) is 1.57. The smallest absolute Gasteiger partial charge is 0.255 e. The molecule has 1 aromatic heterocycles. The van der Waals surface area contributed by atoms with Gasteiger partial charge in [0.05, 0.1) is 36.5 Å². The van der Waals surface area contributed by atoms with Gasteiger partial charge in [-0.05, 0) is 50.6 Å². The van der Waals surface area contributed by atoms with Crippen LogP contribution in [0.5, 0.6) is 11.5 Å². The number of anilines is 1. The number of carbonyl (C=O) groups excluding carboxylic acids is 1. The standard InChI is InChI=1S/C23H27N3O3/c1-5-6-14-29-20-13-12-18(15-21(20)28-4)23(27)24-22-16(2)25-26(17(22)3)19-10-8-7-9-11-19/h7-13,15H,5-6,14H2,1-4H3,(H,24,27). The number of carbonyl (C=O) groups is 1. The average Bonchev–Trinajstić information content (AvgIpc) is 3.03. The molecule has 3 aromatic rings. The minimum atomic E-state index is -0.220. The number of benzene rings is 2.